The molecule has 0 bridgehead atoms. The fourth-order valence-corrected chi connectivity index (χ4v) is 1.52. The highest BCUT2D eigenvalue weighted by Crippen LogP contribution is 2.17. The monoisotopic (exact) mass is 281 g/mol. The normalized spacial score (nSPS) is 12.0. The maximum Gasteiger partial charge on any atom is 0.266 e. The first-order valence-electron chi connectivity index (χ1n) is 5.88. The molecule has 1 aromatic heterocycles. The summed E-state index contributed by atoms with van der Waals surface area (Å²) < 4.78 is 32.6. The van der Waals surface area contributed by atoms with E-state index in [0.717, 1.165) is 12.1 Å². The van der Waals surface area contributed by atoms with Crippen LogP contribution in [0.5, 0.6) is 5.75 Å². The molecule has 7 heteroatoms. The summed E-state index contributed by atoms with van der Waals surface area (Å²) in [6.07, 6.45) is 0.804. The number of halogens is 2. The number of hydrogen-bond donors (Lipinski definition) is 1. The number of aryl methyl sites for hydroxylation is 1. The summed E-state index contributed by atoms with van der Waals surface area (Å²) in [5.41, 5.74) is 0. The van der Waals surface area contributed by atoms with Crippen molar-refractivity contribution in [2.45, 2.75) is 13.0 Å². The van der Waals surface area contributed by atoms with Crippen LogP contribution in [-0.2, 0) is 11.8 Å². The van der Waals surface area contributed by atoms with Gasteiger partial charge in [-0.2, -0.15) is 5.10 Å². The standard InChI is InChI=1S/C13H13F2N3O2/c1-8(13(19)16-12-5-6-18(2)17-12)20-9-3-4-10(14)11(15)7-9/h3-8H,1-2H3,(H,16,17,19). The van der Waals surface area contributed by atoms with E-state index in [4.69, 9.17) is 4.74 Å². The number of nitrogens with one attached hydrogen (secondary N) is 1. The van der Waals surface area contributed by atoms with Crippen molar-refractivity contribution < 1.29 is 18.3 Å². The summed E-state index contributed by atoms with van der Waals surface area (Å²) in [6, 6.07) is 4.71. The first kappa shape index (κ1) is 14.0. The van der Waals surface area contributed by atoms with E-state index in [2.05, 4.69) is 10.4 Å². The molecule has 2 aromatic rings. The number of benzene rings is 1. The molecule has 0 radical (unpaired) electrons. The second-order valence-electron chi connectivity index (χ2n) is 4.20. The van der Waals surface area contributed by atoms with Crippen LogP contribution < -0.4 is 10.1 Å². The lowest BCUT2D eigenvalue weighted by molar-refractivity contribution is -0.122. The highest BCUT2D eigenvalue weighted by atomic mass is 19.2. The highest BCUT2D eigenvalue weighted by Gasteiger charge is 2.16. The second-order valence-corrected chi connectivity index (χ2v) is 4.20. The maximum absolute atomic E-state index is 13.0. The van der Waals surface area contributed by atoms with Gasteiger partial charge in [-0.05, 0) is 19.1 Å². The number of carbonyl (C=O) groups is 1. The Hall–Kier alpha value is -2.44. The molecule has 20 heavy (non-hydrogen) atoms. The highest BCUT2D eigenvalue weighted by molar-refractivity contribution is 5.93. The lowest BCUT2D eigenvalue weighted by Crippen LogP contribution is -2.30. The van der Waals surface area contributed by atoms with Gasteiger partial charge < -0.3 is 10.1 Å². The molecule has 1 N–H and O–H groups in total. The molecule has 0 saturated heterocycles. The molecule has 0 aliphatic rings. The lowest BCUT2D eigenvalue weighted by Gasteiger charge is -2.13. The van der Waals surface area contributed by atoms with E-state index in [1.54, 1.807) is 19.3 Å². The van der Waals surface area contributed by atoms with Gasteiger partial charge in [-0.15, -0.1) is 0 Å². The van der Waals surface area contributed by atoms with E-state index in [1.807, 2.05) is 0 Å². The van der Waals surface area contributed by atoms with Gasteiger partial charge >= 0.3 is 0 Å². The van der Waals surface area contributed by atoms with Crippen molar-refractivity contribution in [2.75, 3.05) is 5.32 Å². The van der Waals surface area contributed by atoms with Crippen molar-refractivity contribution in [1.82, 2.24) is 9.78 Å². The Morgan fingerprint density at radius 3 is 2.70 bits per heavy atom. The molecule has 0 fully saturated rings. The average Bonchev–Trinajstić information content (AvgIpc) is 2.79. The molecule has 1 amide bonds. The third-order valence-electron chi connectivity index (χ3n) is 2.54. The number of aromatic nitrogens is 2. The van der Waals surface area contributed by atoms with Gasteiger partial charge in [0.1, 0.15) is 5.75 Å². The van der Waals surface area contributed by atoms with Crippen molar-refractivity contribution in [1.29, 1.82) is 0 Å². The number of nitrogens with zero attached hydrogens (tertiary/aromatic N) is 2. The third-order valence-corrected chi connectivity index (χ3v) is 2.54. The molecule has 1 unspecified atom stereocenters. The van der Waals surface area contributed by atoms with Crippen molar-refractivity contribution >= 4 is 11.7 Å². The first-order chi connectivity index (χ1) is 9.45. The van der Waals surface area contributed by atoms with Gasteiger partial charge in [0.2, 0.25) is 0 Å². The maximum atomic E-state index is 13.0. The van der Waals surface area contributed by atoms with Gasteiger partial charge in [-0.1, -0.05) is 0 Å². The fourth-order valence-electron chi connectivity index (χ4n) is 1.52. The number of anilines is 1. The SMILES string of the molecule is CC(Oc1ccc(F)c(F)c1)C(=O)Nc1ccn(C)n1. The number of ether oxygens (including phenoxy) is 1. The molecule has 1 aromatic carbocycles. The first-order valence-corrected chi connectivity index (χ1v) is 5.88. The van der Waals surface area contributed by atoms with Gasteiger partial charge in [0.25, 0.3) is 5.91 Å². The van der Waals surface area contributed by atoms with E-state index in [1.165, 1.54) is 17.7 Å². The molecule has 106 valence electrons. The summed E-state index contributed by atoms with van der Waals surface area (Å²) in [7, 11) is 1.72. The van der Waals surface area contributed by atoms with Crippen LogP contribution >= 0.6 is 0 Å². The Morgan fingerprint density at radius 1 is 1.35 bits per heavy atom. The molecule has 2 rings (SSSR count). The zero-order valence-corrected chi connectivity index (χ0v) is 10.9. The van der Waals surface area contributed by atoms with Crippen LogP contribution in [0.25, 0.3) is 0 Å². The number of carbonyl (C=O) groups excluding carboxylic acids is 1. The van der Waals surface area contributed by atoms with E-state index < -0.39 is 23.6 Å². The zero-order chi connectivity index (χ0) is 14.7. The van der Waals surface area contributed by atoms with Gasteiger partial charge in [0.05, 0.1) is 0 Å². The van der Waals surface area contributed by atoms with Crippen molar-refractivity contribution in [3.05, 3.63) is 42.1 Å². The van der Waals surface area contributed by atoms with Crippen LogP contribution in [0.15, 0.2) is 30.5 Å². The van der Waals surface area contributed by atoms with Crippen molar-refractivity contribution in [2.24, 2.45) is 7.05 Å². The molecule has 0 aliphatic carbocycles. The molecular weight excluding hydrogens is 268 g/mol. The van der Waals surface area contributed by atoms with E-state index in [-0.39, 0.29) is 5.75 Å². The second kappa shape index (κ2) is 5.68. The van der Waals surface area contributed by atoms with E-state index in [9.17, 15) is 13.6 Å². The summed E-state index contributed by atoms with van der Waals surface area (Å²) in [5, 5.41) is 6.53. The van der Waals surface area contributed by atoms with Gasteiger partial charge in [0.15, 0.2) is 23.6 Å². The van der Waals surface area contributed by atoms with Crippen LogP contribution in [0.3, 0.4) is 0 Å². The quantitative estimate of drug-likeness (QED) is 0.933. The van der Waals surface area contributed by atoms with Crippen LogP contribution in [0, 0.1) is 11.6 Å². The van der Waals surface area contributed by atoms with Gasteiger partial charge in [-0.3, -0.25) is 9.48 Å². The van der Waals surface area contributed by atoms with Crippen LogP contribution in [0.2, 0.25) is 0 Å². The van der Waals surface area contributed by atoms with E-state index in [0.29, 0.717) is 5.82 Å². The topological polar surface area (TPSA) is 56.1 Å². The largest absolute Gasteiger partial charge is 0.481 e. The predicted molar refractivity (Wildman–Crippen MR) is 68.3 cm³/mol. The predicted octanol–water partition coefficient (Wildman–Crippen LogP) is 2.10. The molecule has 1 heterocycles. The molecule has 0 spiro atoms. The summed E-state index contributed by atoms with van der Waals surface area (Å²) in [4.78, 5) is 11.8. The van der Waals surface area contributed by atoms with Crippen LogP contribution in [0.1, 0.15) is 6.92 Å². The summed E-state index contributed by atoms with van der Waals surface area (Å²) >= 11 is 0. The fraction of sp³-hybridized carbons (Fsp3) is 0.231. The third kappa shape index (κ3) is 3.31. The number of rotatable bonds is 4. The molecule has 0 aliphatic heterocycles. The molecule has 0 saturated carbocycles. The summed E-state index contributed by atoms with van der Waals surface area (Å²) in [6.45, 7) is 1.50. The van der Waals surface area contributed by atoms with E-state index >= 15 is 0 Å². The van der Waals surface area contributed by atoms with Crippen LogP contribution in [-0.4, -0.2) is 21.8 Å². The van der Waals surface area contributed by atoms with Gasteiger partial charge in [-0.25, -0.2) is 8.78 Å². The van der Waals surface area contributed by atoms with Crippen molar-refractivity contribution in [3.63, 3.8) is 0 Å². The molecule has 1 atom stereocenters. The van der Waals surface area contributed by atoms with Crippen LogP contribution in [0.4, 0.5) is 14.6 Å². The average molecular weight is 281 g/mol. The minimum absolute atomic E-state index is 0.0765. The Bertz CT molecular complexity index is 628. The Kier molecular flexibility index (Phi) is 3.97. The smallest absolute Gasteiger partial charge is 0.266 e. The molecule has 5 nitrogen and oxygen atoms in total. The Balaban J connectivity index is 1.98. The Labute approximate surface area is 114 Å². The number of amides is 1. The Morgan fingerprint density at radius 2 is 2.10 bits per heavy atom. The summed E-state index contributed by atoms with van der Waals surface area (Å²) in [5.74, 6) is -1.97. The lowest BCUT2D eigenvalue weighted by atomic mass is 10.3. The minimum atomic E-state index is -1.03. The number of hydrogen-bond acceptors (Lipinski definition) is 3. The van der Waals surface area contributed by atoms with Crippen molar-refractivity contribution in [3.8, 4) is 5.75 Å². The molecular formula is C13H13F2N3O2. The minimum Gasteiger partial charge on any atom is -0.481 e. The van der Waals surface area contributed by atoms with Gasteiger partial charge in [0, 0.05) is 25.4 Å². The zero-order valence-electron chi connectivity index (χ0n) is 10.9.